The van der Waals surface area contributed by atoms with Crippen molar-refractivity contribution in [3.05, 3.63) is 48.0 Å². The summed E-state index contributed by atoms with van der Waals surface area (Å²) in [5.74, 6) is -0.677. The average molecular weight is 395 g/mol. The average Bonchev–Trinajstić information content (AvgIpc) is 3.10. The number of hydrogen-bond donors (Lipinski definition) is 1. The number of benzene rings is 2. The van der Waals surface area contributed by atoms with E-state index >= 15 is 0 Å². The quantitative estimate of drug-likeness (QED) is 0.528. The molecule has 1 amide bonds. The maximum Gasteiger partial charge on any atom is 0.321 e. The van der Waals surface area contributed by atoms with Crippen LogP contribution in [0.15, 0.2) is 42.5 Å². The van der Waals surface area contributed by atoms with Gasteiger partial charge in [0.2, 0.25) is 11.9 Å². The summed E-state index contributed by atoms with van der Waals surface area (Å²) in [5.41, 5.74) is 2.16. The number of methoxy groups -OCH3 is 2. The van der Waals surface area contributed by atoms with E-state index in [1.165, 1.54) is 7.11 Å². The van der Waals surface area contributed by atoms with E-state index < -0.39 is 23.8 Å². The zero-order valence-corrected chi connectivity index (χ0v) is 16.3. The van der Waals surface area contributed by atoms with Gasteiger partial charge in [-0.3, -0.25) is 14.9 Å². The molecule has 0 aliphatic carbocycles. The van der Waals surface area contributed by atoms with Crippen LogP contribution in [-0.2, 0) is 14.3 Å². The number of amides is 1. The fourth-order valence-corrected chi connectivity index (χ4v) is 3.74. The number of ether oxygens (including phenoxy) is 3. The minimum Gasteiger partial charge on any atom is -0.497 e. The number of rotatable bonds is 5. The minimum absolute atomic E-state index is 0.173. The molecule has 1 aliphatic heterocycles. The molecule has 150 valence electrons. The summed E-state index contributed by atoms with van der Waals surface area (Å²) < 4.78 is 17.9. The van der Waals surface area contributed by atoms with Gasteiger partial charge in [-0.05, 0) is 31.2 Å². The third kappa shape index (κ3) is 3.06. The van der Waals surface area contributed by atoms with Gasteiger partial charge in [0.1, 0.15) is 11.5 Å². The minimum atomic E-state index is -1.10. The van der Waals surface area contributed by atoms with Crippen molar-refractivity contribution in [3.63, 3.8) is 0 Å². The van der Waals surface area contributed by atoms with Gasteiger partial charge in [0, 0.05) is 11.6 Å². The molecule has 0 spiro atoms. The van der Waals surface area contributed by atoms with Crippen LogP contribution in [0.5, 0.6) is 11.5 Å². The number of para-hydroxylation sites is 2. The lowest BCUT2D eigenvalue weighted by Crippen LogP contribution is -2.43. The standard InChI is InChI=1S/C21H21N3O5/c1-4-29-20(26)17-18(13-10-9-12(27-2)11-16(13)28-3)24-15-8-6-5-7-14(15)22-21(24)23-19(17)25/h5-11,17-18H,4H2,1-3H3,(H,22,23,25). The van der Waals surface area contributed by atoms with Crippen LogP contribution < -0.4 is 14.8 Å². The summed E-state index contributed by atoms with van der Waals surface area (Å²) >= 11 is 0. The van der Waals surface area contributed by atoms with E-state index in [0.29, 0.717) is 28.5 Å². The van der Waals surface area contributed by atoms with Crippen LogP contribution in [0.1, 0.15) is 18.5 Å². The van der Waals surface area contributed by atoms with E-state index in [1.807, 2.05) is 28.8 Å². The Bertz CT molecular complexity index is 1090. The number of imidazole rings is 1. The Morgan fingerprint density at radius 1 is 1.17 bits per heavy atom. The number of fused-ring (bicyclic) bond motifs is 3. The van der Waals surface area contributed by atoms with Crippen LogP contribution in [-0.4, -0.2) is 42.3 Å². The van der Waals surface area contributed by atoms with Gasteiger partial charge < -0.3 is 18.8 Å². The Morgan fingerprint density at radius 3 is 2.69 bits per heavy atom. The smallest absolute Gasteiger partial charge is 0.321 e. The lowest BCUT2D eigenvalue weighted by atomic mass is 9.89. The molecule has 2 aromatic carbocycles. The van der Waals surface area contributed by atoms with Crippen LogP contribution in [0.2, 0.25) is 0 Å². The SMILES string of the molecule is CCOC(=O)C1C(=O)Nc2nc3ccccc3n2C1c1ccc(OC)cc1OC. The second-order valence-corrected chi connectivity index (χ2v) is 6.57. The first-order chi connectivity index (χ1) is 14.1. The molecule has 0 radical (unpaired) electrons. The van der Waals surface area contributed by atoms with Crippen LogP contribution in [0.3, 0.4) is 0 Å². The first-order valence-corrected chi connectivity index (χ1v) is 9.25. The summed E-state index contributed by atoms with van der Waals surface area (Å²) in [4.78, 5) is 30.2. The van der Waals surface area contributed by atoms with E-state index in [0.717, 1.165) is 5.52 Å². The molecule has 1 aromatic heterocycles. The normalized spacial score (nSPS) is 18.1. The van der Waals surface area contributed by atoms with Gasteiger partial charge in [-0.25, -0.2) is 4.98 Å². The number of carbonyl (C=O) groups excluding carboxylic acids is 2. The Balaban J connectivity index is 1.98. The van der Waals surface area contributed by atoms with E-state index in [1.54, 1.807) is 32.2 Å². The Labute approximate surface area is 167 Å². The number of esters is 1. The molecule has 3 aromatic rings. The molecule has 0 saturated carbocycles. The molecule has 2 atom stereocenters. The molecule has 0 saturated heterocycles. The molecule has 4 rings (SSSR count). The van der Waals surface area contributed by atoms with Crippen molar-refractivity contribution in [1.82, 2.24) is 9.55 Å². The van der Waals surface area contributed by atoms with Crippen molar-refractivity contribution < 1.29 is 23.8 Å². The van der Waals surface area contributed by atoms with Gasteiger partial charge >= 0.3 is 5.97 Å². The van der Waals surface area contributed by atoms with Crippen LogP contribution in [0.4, 0.5) is 5.95 Å². The summed E-state index contributed by atoms with van der Waals surface area (Å²) in [7, 11) is 3.10. The van der Waals surface area contributed by atoms with Crippen LogP contribution in [0.25, 0.3) is 11.0 Å². The second kappa shape index (κ2) is 7.46. The van der Waals surface area contributed by atoms with Crippen molar-refractivity contribution in [3.8, 4) is 11.5 Å². The zero-order chi connectivity index (χ0) is 20.5. The van der Waals surface area contributed by atoms with Crippen molar-refractivity contribution in [2.24, 2.45) is 5.92 Å². The monoisotopic (exact) mass is 395 g/mol. The van der Waals surface area contributed by atoms with Crippen LogP contribution >= 0.6 is 0 Å². The first kappa shape index (κ1) is 18.8. The van der Waals surface area contributed by atoms with E-state index in [4.69, 9.17) is 14.2 Å². The molecule has 0 fully saturated rings. The molecule has 29 heavy (non-hydrogen) atoms. The van der Waals surface area contributed by atoms with Crippen molar-refractivity contribution >= 4 is 28.9 Å². The highest BCUT2D eigenvalue weighted by atomic mass is 16.5. The largest absolute Gasteiger partial charge is 0.497 e. The maximum absolute atomic E-state index is 12.9. The summed E-state index contributed by atoms with van der Waals surface area (Å²) in [6, 6.07) is 12.1. The fourth-order valence-electron chi connectivity index (χ4n) is 3.74. The summed E-state index contributed by atoms with van der Waals surface area (Å²) in [5, 5.41) is 2.75. The van der Waals surface area contributed by atoms with Gasteiger partial charge in [-0.2, -0.15) is 0 Å². The van der Waals surface area contributed by atoms with Gasteiger partial charge in [0.15, 0.2) is 5.92 Å². The predicted octanol–water partition coefficient (Wildman–Crippen LogP) is 2.77. The number of nitrogens with one attached hydrogen (secondary N) is 1. The van der Waals surface area contributed by atoms with Gasteiger partial charge in [0.25, 0.3) is 0 Å². The lowest BCUT2D eigenvalue weighted by molar-refractivity contribution is -0.152. The first-order valence-electron chi connectivity index (χ1n) is 9.25. The molecule has 2 unspecified atom stereocenters. The fraction of sp³-hybridized carbons (Fsp3) is 0.286. The number of hydrogen-bond acceptors (Lipinski definition) is 6. The number of carbonyl (C=O) groups is 2. The van der Waals surface area contributed by atoms with Gasteiger partial charge in [0.05, 0.1) is 37.9 Å². The third-order valence-corrected chi connectivity index (χ3v) is 5.01. The highest BCUT2D eigenvalue weighted by Crippen LogP contribution is 2.42. The third-order valence-electron chi connectivity index (χ3n) is 5.01. The van der Waals surface area contributed by atoms with Gasteiger partial charge in [-0.15, -0.1) is 0 Å². The van der Waals surface area contributed by atoms with E-state index in [2.05, 4.69) is 10.3 Å². The highest BCUT2D eigenvalue weighted by Gasteiger charge is 2.45. The van der Waals surface area contributed by atoms with Gasteiger partial charge in [-0.1, -0.05) is 12.1 Å². The molecular weight excluding hydrogens is 374 g/mol. The summed E-state index contributed by atoms with van der Waals surface area (Å²) in [6.07, 6.45) is 0. The lowest BCUT2D eigenvalue weighted by Gasteiger charge is -2.33. The van der Waals surface area contributed by atoms with Crippen molar-refractivity contribution in [2.75, 3.05) is 26.1 Å². The molecule has 1 N–H and O–H groups in total. The van der Waals surface area contributed by atoms with Crippen LogP contribution in [0, 0.1) is 5.92 Å². The Morgan fingerprint density at radius 2 is 1.97 bits per heavy atom. The van der Waals surface area contributed by atoms with E-state index in [-0.39, 0.29) is 6.61 Å². The number of nitrogens with zero attached hydrogens (tertiary/aromatic N) is 2. The number of anilines is 1. The Kier molecular flexibility index (Phi) is 4.84. The predicted molar refractivity (Wildman–Crippen MR) is 106 cm³/mol. The maximum atomic E-state index is 12.9. The molecule has 0 bridgehead atoms. The van der Waals surface area contributed by atoms with Crippen molar-refractivity contribution in [2.45, 2.75) is 13.0 Å². The molecule has 8 heteroatoms. The number of aromatic nitrogens is 2. The molecular formula is C21H21N3O5. The second-order valence-electron chi connectivity index (χ2n) is 6.57. The van der Waals surface area contributed by atoms with Crippen molar-refractivity contribution in [1.29, 1.82) is 0 Å². The van der Waals surface area contributed by atoms with E-state index in [9.17, 15) is 9.59 Å². The highest BCUT2D eigenvalue weighted by molar-refractivity contribution is 6.07. The molecule has 8 nitrogen and oxygen atoms in total. The molecule has 2 heterocycles. The topological polar surface area (TPSA) is 91.7 Å². The zero-order valence-electron chi connectivity index (χ0n) is 16.3. The summed E-state index contributed by atoms with van der Waals surface area (Å²) in [6.45, 7) is 1.88. The molecule has 1 aliphatic rings. The Hall–Kier alpha value is -3.55.